The summed E-state index contributed by atoms with van der Waals surface area (Å²) in [5.74, 6) is 0. The van der Waals surface area contributed by atoms with Crippen LogP contribution >= 0.6 is 15.9 Å². The molecule has 0 saturated carbocycles. The normalized spacial score (nSPS) is 25.4. The van der Waals surface area contributed by atoms with Crippen LogP contribution in [0.4, 0.5) is 5.69 Å². The van der Waals surface area contributed by atoms with Crippen LogP contribution < -0.4 is 10.6 Å². The highest BCUT2D eigenvalue weighted by Crippen LogP contribution is 2.30. The van der Waals surface area contributed by atoms with Crippen molar-refractivity contribution in [2.75, 3.05) is 31.1 Å². The summed E-state index contributed by atoms with van der Waals surface area (Å²) in [5.41, 5.74) is 8.48. The van der Waals surface area contributed by atoms with Crippen LogP contribution in [0.2, 0.25) is 0 Å². The Bertz CT molecular complexity index is 469. The molecule has 0 amide bonds. The zero-order valence-electron chi connectivity index (χ0n) is 12.2. The van der Waals surface area contributed by atoms with Gasteiger partial charge in [-0.15, -0.1) is 0 Å². The van der Waals surface area contributed by atoms with Crippen LogP contribution in [0.1, 0.15) is 37.8 Å². The van der Waals surface area contributed by atoms with Gasteiger partial charge in [-0.05, 0) is 57.0 Å². The number of halogens is 1. The van der Waals surface area contributed by atoms with Crippen LogP contribution in [0, 0.1) is 0 Å². The molecule has 0 bridgehead atoms. The van der Waals surface area contributed by atoms with E-state index in [1.165, 1.54) is 56.7 Å². The van der Waals surface area contributed by atoms with E-state index in [-0.39, 0.29) is 6.04 Å². The van der Waals surface area contributed by atoms with Gasteiger partial charge >= 0.3 is 0 Å². The van der Waals surface area contributed by atoms with E-state index in [1.54, 1.807) is 0 Å². The van der Waals surface area contributed by atoms with Crippen molar-refractivity contribution in [1.82, 2.24) is 4.90 Å². The smallest absolute Gasteiger partial charge is 0.0378 e. The highest BCUT2D eigenvalue weighted by molar-refractivity contribution is 9.10. The zero-order chi connectivity index (χ0) is 14.1. The van der Waals surface area contributed by atoms with Gasteiger partial charge in [0.15, 0.2) is 0 Å². The molecule has 2 fully saturated rings. The molecule has 20 heavy (non-hydrogen) atoms. The molecule has 110 valence electrons. The first kappa shape index (κ1) is 14.4. The van der Waals surface area contributed by atoms with Gasteiger partial charge in [0.1, 0.15) is 0 Å². The number of nitrogens with zero attached hydrogens (tertiary/aromatic N) is 2. The minimum Gasteiger partial charge on any atom is -0.370 e. The predicted octanol–water partition coefficient (Wildman–Crippen LogP) is 3.14. The van der Waals surface area contributed by atoms with Crippen LogP contribution in [0.25, 0.3) is 0 Å². The van der Waals surface area contributed by atoms with Gasteiger partial charge in [0, 0.05) is 35.3 Å². The van der Waals surface area contributed by atoms with Crippen molar-refractivity contribution in [3.05, 3.63) is 28.2 Å². The maximum Gasteiger partial charge on any atom is 0.0378 e. The highest BCUT2D eigenvalue weighted by Gasteiger charge is 2.29. The number of hydrogen-bond donors (Lipinski definition) is 1. The largest absolute Gasteiger partial charge is 0.370 e. The number of nitrogens with two attached hydrogens (primary N) is 1. The number of likely N-dealkylation sites (tertiary alicyclic amines) is 1. The third kappa shape index (κ3) is 2.87. The molecule has 0 radical (unpaired) electrons. The van der Waals surface area contributed by atoms with Crippen LogP contribution in [-0.2, 0) is 0 Å². The van der Waals surface area contributed by atoms with Crippen LogP contribution in [-0.4, -0.2) is 37.1 Å². The van der Waals surface area contributed by atoms with E-state index in [1.807, 2.05) is 6.92 Å². The molecule has 2 aliphatic rings. The van der Waals surface area contributed by atoms with Crippen molar-refractivity contribution in [1.29, 1.82) is 0 Å². The molecule has 2 saturated heterocycles. The Balaban J connectivity index is 1.69. The van der Waals surface area contributed by atoms with Crippen LogP contribution in [0.5, 0.6) is 0 Å². The van der Waals surface area contributed by atoms with Gasteiger partial charge in [-0.3, -0.25) is 4.90 Å². The Hall–Kier alpha value is -0.580. The zero-order valence-corrected chi connectivity index (χ0v) is 13.8. The molecule has 3 rings (SSSR count). The third-order valence-electron chi connectivity index (χ3n) is 4.66. The fourth-order valence-corrected chi connectivity index (χ4v) is 4.19. The summed E-state index contributed by atoms with van der Waals surface area (Å²) in [5, 5.41) is 0. The van der Waals surface area contributed by atoms with E-state index < -0.39 is 0 Å². The van der Waals surface area contributed by atoms with E-state index in [2.05, 4.69) is 43.9 Å². The van der Waals surface area contributed by atoms with Gasteiger partial charge in [0.2, 0.25) is 0 Å². The summed E-state index contributed by atoms with van der Waals surface area (Å²) in [6.07, 6.45) is 4.06. The molecule has 4 heteroatoms. The molecule has 3 nitrogen and oxygen atoms in total. The molecule has 0 aliphatic carbocycles. The standard InChI is InChI=1S/C16H24BrN3/c1-12(18)15-5-4-13(10-16(15)17)20-9-6-14(11-20)19-7-2-3-8-19/h4-5,10,12,14H,2-3,6-9,11,18H2,1H3/t12-,14?/m0/s1. The lowest BCUT2D eigenvalue weighted by molar-refractivity contribution is 0.260. The van der Waals surface area contributed by atoms with E-state index in [4.69, 9.17) is 5.73 Å². The molecule has 0 spiro atoms. The number of anilines is 1. The Morgan fingerprint density at radius 3 is 2.65 bits per heavy atom. The van der Waals surface area contributed by atoms with Crippen molar-refractivity contribution in [3.63, 3.8) is 0 Å². The Kier molecular flexibility index (Phi) is 4.34. The topological polar surface area (TPSA) is 32.5 Å². The van der Waals surface area contributed by atoms with Gasteiger partial charge in [-0.1, -0.05) is 22.0 Å². The van der Waals surface area contributed by atoms with E-state index in [0.29, 0.717) is 0 Å². The van der Waals surface area contributed by atoms with Gasteiger partial charge in [-0.2, -0.15) is 0 Å². The van der Waals surface area contributed by atoms with Gasteiger partial charge in [0.05, 0.1) is 0 Å². The van der Waals surface area contributed by atoms with E-state index >= 15 is 0 Å². The van der Waals surface area contributed by atoms with Gasteiger partial charge in [0.25, 0.3) is 0 Å². The highest BCUT2D eigenvalue weighted by atomic mass is 79.9. The maximum atomic E-state index is 5.97. The van der Waals surface area contributed by atoms with Crippen molar-refractivity contribution >= 4 is 21.6 Å². The average molecular weight is 338 g/mol. The van der Waals surface area contributed by atoms with Crippen molar-refractivity contribution in [2.24, 2.45) is 5.73 Å². The first-order chi connectivity index (χ1) is 9.65. The molecule has 0 aromatic heterocycles. The monoisotopic (exact) mass is 337 g/mol. The van der Waals surface area contributed by atoms with Crippen molar-refractivity contribution in [3.8, 4) is 0 Å². The van der Waals surface area contributed by atoms with Gasteiger partial charge in [-0.25, -0.2) is 0 Å². The van der Waals surface area contributed by atoms with Crippen LogP contribution in [0.15, 0.2) is 22.7 Å². The first-order valence-corrected chi connectivity index (χ1v) is 8.48. The summed E-state index contributed by atoms with van der Waals surface area (Å²) >= 11 is 3.66. The summed E-state index contributed by atoms with van der Waals surface area (Å²) < 4.78 is 1.13. The fraction of sp³-hybridized carbons (Fsp3) is 0.625. The fourth-order valence-electron chi connectivity index (χ4n) is 3.46. The van der Waals surface area contributed by atoms with Crippen molar-refractivity contribution in [2.45, 2.75) is 38.3 Å². The van der Waals surface area contributed by atoms with E-state index in [9.17, 15) is 0 Å². The summed E-state index contributed by atoms with van der Waals surface area (Å²) in [4.78, 5) is 5.18. The van der Waals surface area contributed by atoms with Gasteiger partial charge < -0.3 is 10.6 Å². The number of benzene rings is 1. The molecule has 2 aliphatic heterocycles. The second kappa shape index (κ2) is 6.04. The second-order valence-electron chi connectivity index (χ2n) is 6.13. The molecule has 1 unspecified atom stereocenters. The Morgan fingerprint density at radius 1 is 1.25 bits per heavy atom. The lowest BCUT2D eigenvalue weighted by atomic mass is 10.1. The minimum atomic E-state index is 0.0781. The molecule has 1 aromatic carbocycles. The Labute approximate surface area is 130 Å². The quantitative estimate of drug-likeness (QED) is 0.919. The minimum absolute atomic E-state index is 0.0781. The number of rotatable bonds is 3. The number of hydrogen-bond acceptors (Lipinski definition) is 3. The summed E-state index contributed by atoms with van der Waals surface area (Å²) in [6.45, 7) is 6.96. The third-order valence-corrected chi connectivity index (χ3v) is 5.35. The van der Waals surface area contributed by atoms with Crippen LogP contribution in [0.3, 0.4) is 0 Å². The van der Waals surface area contributed by atoms with Crippen molar-refractivity contribution < 1.29 is 0 Å². The lowest BCUT2D eigenvalue weighted by Crippen LogP contribution is -2.35. The summed E-state index contributed by atoms with van der Waals surface area (Å²) in [6, 6.07) is 7.44. The molecular formula is C16H24BrN3. The molecule has 2 N–H and O–H groups in total. The lowest BCUT2D eigenvalue weighted by Gasteiger charge is -2.25. The molecule has 2 atom stereocenters. The molecular weight excluding hydrogens is 314 g/mol. The SMILES string of the molecule is C[C@H](N)c1ccc(N2CCC(N3CCCC3)C2)cc1Br. The predicted molar refractivity (Wildman–Crippen MR) is 88.2 cm³/mol. The average Bonchev–Trinajstić information content (AvgIpc) is 3.09. The maximum absolute atomic E-state index is 5.97. The second-order valence-corrected chi connectivity index (χ2v) is 6.98. The molecule has 1 aromatic rings. The summed E-state index contributed by atoms with van der Waals surface area (Å²) in [7, 11) is 0. The first-order valence-electron chi connectivity index (χ1n) is 7.69. The molecule has 2 heterocycles. The van der Waals surface area contributed by atoms with E-state index in [0.717, 1.165) is 10.5 Å². The Morgan fingerprint density at radius 2 is 2.00 bits per heavy atom.